The number of halogens is 2. The summed E-state index contributed by atoms with van der Waals surface area (Å²) in [6, 6.07) is 6.86. The van der Waals surface area contributed by atoms with Gasteiger partial charge in [0.2, 0.25) is 0 Å². The third kappa shape index (κ3) is 3.18. The Bertz CT molecular complexity index is 434. The predicted molar refractivity (Wildman–Crippen MR) is 84.5 cm³/mol. The maximum absolute atomic E-state index is 6.38. The molecule has 1 N–H and O–H groups in total. The van der Waals surface area contributed by atoms with Gasteiger partial charge in [-0.15, -0.1) is 0 Å². The van der Waals surface area contributed by atoms with Gasteiger partial charge in [0.15, 0.2) is 0 Å². The fraction of sp³-hybridized carbons (Fsp3) is 0.600. The van der Waals surface area contributed by atoms with Crippen molar-refractivity contribution in [2.45, 2.75) is 39.3 Å². The molecule has 106 valence electrons. The summed E-state index contributed by atoms with van der Waals surface area (Å²) in [4.78, 5) is 2.41. The number of rotatable bonds is 3. The zero-order valence-electron chi connectivity index (χ0n) is 11.8. The molecular formula is C15H22Cl2N2. The largest absolute Gasteiger partial charge is 0.364 e. The van der Waals surface area contributed by atoms with Crippen molar-refractivity contribution in [1.82, 2.24) is 5.32 Å². The normalized spacial score (nSPS) is 24.0. The highest BCUT2D eigenvalue weighted by Crippen LogP contribution is 2.35. The summed E-state index contributed by atoms with van der Waals surface area (Å²) in [6.45, 7) is 8.70. The first-order valence-corrected chi connectivity index (χ1v) is 7.74. The number of nitrogens with one attached hydrogen (secondary N) is 1. The molecule has 19 heavy (non-hydrogen) atoms. The molecule has 2 atom stereocenters. The maximum Gasteiger partial charge on any atom is 0.0825 e. The molecule has 0 saturated carbocycles. The summed E-state index contributed by atoms with van der Waals surface area (Å²) < 4.78 is 0. The Balaban J connectivity index is 2.30. The molecule has 0 aromatic heterocycles. The minimum atomic E-state index is 0.478. The van der Waals surface area contributed by atoms with Gasteiger partial charge in [0, 0.05) is 25.2 Å². The summed E-state index contributed by atoms with van der Waals surface area (Å²) >= 11 is 12.5. The fourth-order valence-corrected chi connectivity index (χ4v) is 3.05. The van der Waals surface area contributed by atoms with Gasteiger partial charge in [-0.25, -0.2) is 0 Å². The summed E-state index contributed by atoms with van der Waals surface area (Å²) in [6.07, 6.45) is 1.10. The quantitative estimate of drug-likeness (QED) is 0.900. The summed E-state index contributed by atoms with van der Waals surface area (Å²) in [5.74, 6) is 0.610. The second-order valence-corrected chi connectivity index (χ2v) is 6.33. The van der Waals surface area contributed by atoms with Gasteiger partial charge in [0.05, 0.1) is 15.7 Å². The predicted octanol–water partition coefficient (Wildman–Crippen LogP) is 4.21. The Morgan fingerprint density at radius 3 is 2.74 bits per heavy atom. The van der Waals surface area contributed by atoms with Crippen LogP contribution in [0.3, 0.4) is 0 Å². The van der Waals surface area contributed by atoms with Gasteiger partial charge < -0.3 is 10.2 Å². The standard InChI is InChI=1S/C15H22Cl2N2/c1-4-11-8-18-13(10(2)3)9-19(11)14-7-5-6-12(16)15(14)17/h5-7,10-11,13,18H,4,8-9H2,1-3H3. The highest BCUT2D eigenvalue weighted by molar-refractivity contribution is 6.43. The number of nitrogens with zero attached hydrogens (tertiary/aromatic N) is 1. The van der Waals surface area contributed by atoms with E-state index in [4.69, 9.17) is 23.2 Å². The molecule has 1 saturated heterocycles. The second kappa shape index (κ2) is 6.34. The van der Waals surface area contributed by atoms with Gasteiger partial charge in [0.1, 0.15) is 0 Å². The van der Waals surface area contributed by atoms with Crippen molar-refractivity contribution in [2.24, 2.45) is 5.92 Å². The molecule has 1 aliphatic heterocycles. The lowest BCUT2D eigenvalue weighted by Gasteiger charge is -2.43. The van der Waals surface area contributed by atoms with Crippen LogP contribution in [-0.4, -0.2) is 25.2 Å². The zero-order chi connectivity index (χ0) is 14.0. The van der Waals surface area contributed by atoms with Crippen molar-refractivity contribution in [3.8, 4) is 0 Å². The molecule has 1 heterocycles. The fourth-order valence-electron chi connectivity index (χ4n) is 2.64. The van der Waals surface area contributed by atoms with Gasteiger partial charge in [-0.1, -0.05) is 50.0 Å². The molecule has 1 fully saturated rings. The van der Waals surface area contributed by atoms with Crippen molar-refractivity contribution < 1.29 is 0 Å². The topological polar surface area (TPSA) is 15.3 Å². The Morgan fingerprint density at radius 1 is 1.37 bits per heavy atom. The number of hydrogen-bond acceptors (Lipinski definition) is 2. The number of benzene rings is 1. The van der Waals surface area contributed by atoms with Crippen LogP contribution in [0.1, 0.15) is 27.2 Å². The van der Waals surface area contributed by atoms with Gasteiger partial charge in [0.25, 0.3) is 0 Å². The van der Waals surface area contributed by atoms with Crippen molar-refractivity contribution in [3.05, 3.63) is 28.2 Å². The molecule has 2 unspecified atom stereocenters. The average molecular weight is 301 g/mol. The van der Waals surface area contributed by atoms with E-state index in [1.54, 1.807) is 0 Å². The van der Waals surface area contributed by atoms with E-state index in [2.05, 4.69) is 37.1 Å². The molecule has 0 aliphatic carbocycles. The monoisotopic (exact) mass is 300 g/mol. The van der Waals surface area contributed by atoms with E-state index in [1.807, 2.05) is 12.1 Å². The van der Waals surface area contributed by atoms with E-state index in [-0.39, 0.29) is 0 Å². The first kappa shape index (κ1) is 15.0. The average Bonchev–Trinajstić information content (AvgIpc) is 2.41. The molecular weight excluding hydrogens is 279 g/mol. The third-order valence-corrected chi connectivity index (χ3v) is 4.78. The van der Waals surface area contributed by atoms with Crippen LogP contribution >= 0.6 is 23.2 Å². The minimum Gasteiger partial charge on any atom is -0.364 e. The molecule has 1 aromatic carbocycles. The van der Waals surface area contributed by atoms with Gasteiger partial charge in [-0.2, -0.15) is 0 Å². The lowest BCUT2D eigenvalue weighted by Crippen LogP contribution is -2.58. The number of hydrogen-bond donors (Lipinski definition) is 1. The first-order valence-electron chi connectivity index (χ1n) is 6.98. The van der Waals surface area contributed by atoms with Crippen LogP contribution in [0.25, 0.3) is 0 Å². The van der Waals surface area contributed by atoms with Gasteiger partial charge in [-0.3, -0.25) is 0 Å². The number of anilines is 1. The molecule has 4 heteroatoms. The Morgan fingerprint density at radius 2 is 2.11 bits per heavy atom. The molecule has 0 spiro atoms. The van der Waals surface area contributed by atoms with E-state index in [9.17, 15) is 0 Å². The van der Waals surface area contributed by atoms with Crippen LogP contribution in [0.15, 0.2) is 18.2 Å². The van der Waals surface area contributed by atoms with E-state index >= 15 is 0 Å². The number of piperazine rings is 1. The first-order chi connectivity index (χ1) is 9.04. The maximum atomic E-state index is 6.38. The summed E-state index contributed by atoms with van der Waals surface area (Å²) in [5.41, 5.74) is 1.06. The van der Waals surface area contributed by atoms with E-state index < -0.39 is 0 Å². The minimum absolute atomic E-state index is 0.478. The summed E-state index contributed by atoms with van der Waals surface area (Å²) in [5, 5.41) is 4.94. The molecule has 0 radical (unpaired) electrons. The van der Waals surface area contributed by atoms with Crippen LogP contribution in [-0.2, 0) is 0 Å². The molecule has 0 bridgehead atoms. The van der Waals surface area contributed by atoms with E-state index in [0.717, 1.165) is 25.2 Å². The Hall–Kier alpha value is -0.440. The molecule has 1 aliphatic rings. The van der Waals surface area contributed by atoms with Crippen molar-refractivity contribution in [1.29, 1.82) is 0 Å². The van der Waals surface area contributed by atoms with Crippen LogP contribution in [0.4, 0.5) is 5.69 Å². The molecule has 2 nitrogen and oxygen atoms in total. The van der Waals surface area contributed by atoms with Crippen LogP contribution in [0.5, 0.6) is 0 Å². The van der Waals surface area contributed by atoms with Crippen molar-refractivity contribution in [2.75, 3.05) is 18.0 Å². The van der Waals surface area contributed by atoms with Crippen LogP contribution in [0.2, 0.25) is 10.0 Å². The van der Waals surface area contributed by atoms with Crippen LogP contribution in [0, 0.1) is 5.92 Å². The zero-order valence-corrected chi connectivity index (χ0v) is 13.3. The van der Waals surface area contributed by atoms with E-state index in [1.165, 1.54) is 0 Å². The van der Waals surface area contributed by atoms with Crippen molar-refractivity contribution >= 4 is 28.9 Å². The SMILES string of the molecule is CCC1CNC(C(C)C)CN1c1cccc(Cl)c1Cl. The molecule has 2 rings (SSSR count). The van der Waals surface area contributed by atoms with E-state index in [0.29, 0.717) is 28.0 Å². The Labute approximate surface area is 126 Å². The lowest BCUT2D eigenvalue weighted by molar-refractivity contribution is 0.325. The highest BCUT2D eigenvalue weighted by atomic mass is 35.5. The van der Waals surface area contributed by atoms with Gasteiger partial charge in [-0.05, 0) is 24.5 Å². The third-order valence-electron chi connectivity index (χ3n) is 3.97. The van der Waals surface area contributed by atoms with Crippen LogP contribution < -0.4 is 10.2 Å². The molecule has 1 aromatic rings. The Kier molecular flexibility index (Phi) is 4.99. The lowest BCUT2D eigenvalue weighted by atomic mass is 9.98. The summed E-state index contributed by atoms with van der Waals surface area (Å²) in [7, 11) is 0. The molecule has 0 amide bonds. The van der Waals surface area contributed by atoms with Crippen molar-refractivity contribution in [3.63, 3.8) is 0 Å². The highest BCUT2D eigenvalue weighted by Gasteiger charge is 2.29. The second-order valence-electron chi connectivity index (χ2n) is 5.55. The smallest absolute Gasteiger partial charge is 0.0825 e. The van der Waals surface area contributed by atoms with Gasteiger partial charge >= 0.3 is 0 Å².